The van der Waals surface area contributed by atoms with Crippen LogP contribution in [-0.2, 0) is 15.8 Å². The summed E-state index contributed by atoms with van der Waals surface area (Å²) in [6, 6.07) is 5.41. The van der Waals surface area contributed by atoms with Gasteiger partial charge in [0.05, 0.1) is 21.6 Å². The Labute approximate surface area is 176 Å². The van der Waals surface area contributed by atoms with Gasteiger partial charge in [0.1, 0.15) is 5.76 Å². The van der Waals surface area contributed by atoms with Crippen molar-refractivity contribution in [2.45, 2.75) is 63.4 Å². The molecule has 0 fully saturated rings. The van der Waals surface area contributed by atoms with E-state index in [1.807, 2.05) is 33.8 Å². The van der Waals surface area contributed by atoms with Gasteiger partial charge >= 0.3 is 0 Å². The quantitative estimate of drug-likeness (QED) is 0.482. The van der Waals surface area contributed by atoms with Crippen molar-refractivity contribution in [2.75, 3.05) is 13.1 Å². The van der Waals surface area contributed by atoms with Gasteiger partial charge in [-0.1, -0.05) is 30.8 Å². The molecule has 3 aromatic rings. The molecule has 0 spiro atoms. The number of aryl methyl sites for hydroxylation is 2. The number of fused-ring (bicyclic) bond motifs is 1. The zero-order chi connectivity index (χ0) is 21.3. The molecule has 1 aromatic carbocycles. The molecule has 0 saturated heterocycles. The highest BCUT2D eigenvalue weighted by molar-refractivity contribution is 7.98. The first-order valence-electron chi connectivity index (χ1n) is 9.77. The second-order valence-corrected chi connectivity index (χ2v) is 10.1. The number of sulfonamides is 1. The third kappa shape index (κ3) is 4.08. The highest BCUT2D eigenvalue weighted by Crippen LogP contribution is 2.32. The number of benzene rings is 1. The second-order valence-electron chi connectivity index (χ2n) is 7.19. The van der Waals surface area contributed by atoms with Crippen LogP contribution in [0.5, 0.6) is 0 Å². The van der Waals surface area contributed by atoms with Crippen LogP contribution < -0.4 is 0 Å². The topological polar surface area (TPSA) is 81.2 Å². The molecule has 0 aliphatic heterocycles. The number of thioether (sulfide) groups is 1. The van der Waals surface area contributed by atoms with Gasteiger partial charge in [0, 0.05) is 30.4 Å². The van der Waals surface area contributed by atoms with Crippen LogP contribution in [0.3, 0.4) is 0 Å². The first kappa shape index (κ1) is 21.9. The Hall–Kier alpha value is -1.84. The Balaban J connectivity index is 2.02. The van der Waals surface area contributed by atoms with E-state index < -0.39 is 10.0 Å². The molecule has 3 rings (SSSR count). The van der Waals surface area contributed by atoms with Gasteiger partial charge in [-0.05, 0) is 45.9 Å². The molecular formula is C20H28N4O3S2. The Kier molecular flexibility index (Phi) is 6.40. The fourth-order valence-corrected chi connectivity index (χ4v) is 6.15. The van der Waals surface area contributed by atoms with Crippen LogP contribution in [0.15, 0.2) is 32.8 Å². The maximum absolute atomic E-state index is 12.9. The fraction of sp³-hybridized carbons (Fsp3) is 0.500. The molecule has 7 nitrogen and oxygen atoms in total. The smallest absolute Gasteiger partial charge is 0.243 e. The highest BCUT2D eigenvalue weighted by Gasteiger charge is 2.24. The van der Waals surface area contributed by atoms with E-state index in [2.05, 4.69) is 23.6 Å². The van der Waals surface area contributed by atoms with Gasteiger partial charge in [0.15, 0.2) is 5.16 Å². The third-order valence-corrected chi connectivity index (χ3v) is 8.04. The maximum atomic E-state index is 12.9. The summed E-state index contributed by atoms with van der Waals surface area (Å²) in [7, 11) is -3.52. The Morgan fingerprint density at radius 1 is 1.21 bits per heavy atom. The van der Waals surface area contributed by atoms with E-state index in [9.17, 15) is 8.42 Å². The molecule has 0 amide bonds. The minimum absolute atomic E-state index is 0.192. The SMILES string of the molecule is CCN(CC)S(=O)(=O)c1ccc2c(c1)nc(SCc1c(C)noc1C)n2C(C)C. The summed E-state index contributed by atoms with van der Waals surface area (Å²) >= 11 is 1.61. The molecule has 0 atom stereocenters. The van der Waals surface area contributed by atoms with Gasteiger partial charge in [-0.2, -0.15) is 4.31 Å². The number of hydrogen-bond acceptors (Lipinski definition) is 6. The predicted molar refractivity (Wildman–Crippen MR) is 116 cm³/mol. The molecule has 9 heteroatoms. The summed E-state index contributed by atoms with van der Waals surface area (Å²) in [6.45, 7) is 12.6. The summed E-state index contributed by atoms with van der Waals surface area (Å²) in [5.41, 5.74) is 3.57. The molecule has 0 radical (unpaired) electrons. The van der Waals surface area contributed by atoms with Gasteiger partial charge in [0.25, 0.3) is 0 Å². The highest BCUT2D eigenvalue weighted by atomic mass is 32.2. The van der Waals surface area contributed by atoms with Crippen LogP contribution in [0.4, 0.5) is 0 Å². The summed E-state index contributed by atoms with van der Waals surface area (Å²) in [6.07, 6.45) is 0. The normalized spacial score (nSPS) is 12.6. The van der Waals surface area contributed by atoms with Crippen molar-refractivity contribution in [3.63, 3.8) is 0 Å². The monoisotopic (exact) mass is 436 g/mol. The lowest BCUT2D eigenvalue weighted by Gasteiger charge is -2.18. The average molecular weight is 437 g/mol. The van der Waals surface area contributed by atoms with Gasteiger partial charge in [-0.3, -0.25) is 0 Å². The largest absolute Gasteiger partial charge is 0.361 e. The average Bonchev–Trinajstić information content (AvgIpc) is 3.19. The molecule has 0 bridgehead atoms. The van der Waals surface area contributed by atoms with Crippen molar-refractivity contribution in [3.05, 3.63) is 35.2 Å². The van der Waals surface area contributed by atoms with Crippen LogP contribution in [0.2, 0.25) is 0 Å². The molecule has 0 N–H and O–H groups in total. The van der Waals surface area contributed by atoms with Gasteiger partial charge < -0.3 is 9.09 Å². The van der Waals surface area contributed by atoms with E-state index in [4.69, 9.17) is 9.51 Å². The van der Waals surface area contributed by atoms with E-state index in [0.29, 0.717) is 24.4 Å². The zero-order valence-corrected chi connectivity index (χ0v) is 19.4. The van der Waals surface area contributed by atoms with Crippen LogP contribution in [0, 0.1) is 13.8 Å². The van der Waals surface area contributed by atoms with Crippen molar-refractivity contribution in [1.82, 2.24) is 19.0 Å². The van der Waals surface area contributed by atoms with Crippen LogP contribution in [0.1, 0.15) is 50.8 Å². The summed E-state index contributed by atoms with van der Waals surface area (Å²) in [4.78, 5) is 5.05. The number of rotatable bonds is 8. The van der Waals surface area contributed by atoms with Crippen molar-refractivity contribution in [3.8, 4) is 0 Å². The first-order chi connectivity index (χ1) is 13.7. The Bertz CT molecular complexity index is 1090. The number of hydrogen-bond donors (Lipinski definition) is 0. The molecule has 0 saturated carbocycles. The maximum Gasteiger partial charge on any atom is 0.243 e. The standard InChI is InChI=1S/C20H28N4O3S2/c1-7-23(8-2)29(25,26)16-9-10-19-18(11-16)21-20(24(19)13(3)4)28-12-17-14(5)22-27-15(17)6/h9-11,13H,7-8,12H2,1-6H3. The number of imidazole rings is 1. The Morgan fingerprint density at radius 3 is 2.45 bits per heavy atom. The minimum Gasteiger partial charge on any atom is -0.361 e. The molecule has 0 aliphatic rings. The summed E-state index contributed by atoms with van der Waals surface area (Å²) < 4.78 is 34.6. The van der Waals surface area contributed by atoms with E-state index in [-0.39, 0.29) is 10.9 Å². The van der Waals surface area contributed by atoms with Gasteiger partial charge in [0.2, 0.25) is 10.0 Å². The summed E-state index contributed by atoms with van der Waals surface area (Å²) in [5.74, 6) is 1.51. The summed E-state index contributed by atoms with van der Waals surface area (Å²) in [5, 5.41) is 4.87. The second kappa shape index (κ2) is 8.49. The molecule has 2 heterocycles. The van der Waals surface area contributed by atoms with Crippen LogP contribution in [0.25, 0.3) is 11.0 Å². The zero-order valence-electron chi connectivity index (χ0n) is 17.8. The molecule has 2 aromatic heterocycles. The number of nitrogens with zero attached hydrogens (tertiary/aromatic N) is 4. The fourth-order valence-electron chi connectivity index (χ4n) is 3.38. The minimum atomic E-state index is -3.52. The third-order valence-electron chi connectivity index (χ3n) is 5.02. The molecule has 29 heavy (non-hydrogen) atoms. The molecule has 0 unspecified atom stereocenters. The van der Waals surface area contributed by atoms with Crippen molar-refractivity contribution in [1.29, 1.82) is 0 Å². The molecule has 0 aliphatic carbocycles. The predicted octanol–water partition coefficient (Wildman–Crippen LogP) is 4.54. The molecular weight excluding hydrogens is 408 g/mol. The van der Waals surface area contributed by atoms with Crippen LogP contribution in [-0.4, -0.2) is 40.5 Å². The van der Waals surface area contributed by atoms with E-state index in [1.165, 1.54) is 4.31 Å². The van der Waals surface area contributed by atoms with E-state index in [0.717, 1.165) is 27.7 Å². The van der Waals surface area contributed by atoms with Crippen molar-refractivity contribution >= 4 is 32.8 Å². The molecule has 158 valence electrons. The Morgan fingerprint density at radius 2 is 1.90 bits per heavy atom. The van der Waals surface area contributed by atoms with E-state index in [1.54, 1.807) is 23.9 Å². The van der Waals surface area contributed by atoms with Crippen molar-refractivity contribution < 1.29 is 12.9 Å². The number of aromatic nitrogens is 3. The van der Waals surface area contributed by atoms with Gasteiger partial charge in [-0.15, -0.1) is 0 Å². The lowest BCUT2D eigenvalue weighted by atomic mass is 10.2. The van der Waals surface area contributed by atoms with E-state index >= 15 is 0 Å². The van der Waals surface area contributed by atoms with Gasteiger partial charge in [-0.25, -0.2) is 13.4 Å². The van der Waals surface area contributed by atoms with Crippen molar-refractivity contribution in [2.24, 2.45) is 0 Å². The van der Waals surface area contributed by atoms with Crippen LogP contribution >= 0.6 is 11.8 Å². The lowest BCUT2D eigenvalue weighted by Crippen LogP contribution is -2.30. The lowest BCUT2D eigenvalue weighted by molar-refractivity contribution is 0.392. The first-order valence-corrected chi connectivity index (χ1v) is 12.2.